The minimum atomic E-state index is -1.63. The van der Waals surface area contributed by atoms with Gasteiger partial charge < -0.3 is 33.3 Å². The van der Waals surface area contributed by atoms with Gasteiger partial charge in [0.1, 0.15) is 13.2 Å². The standard InChI is InChI=1S/C62H109NO8/c1-6-8-10-12-14-16-18-20-22-24-26-27-28-29-30-31-32-33-35-37-39-41-43-45-47-49-51-53-60(65)71-58(57-70-62(61(66)67)68-55-54-63(3,4)5)56-69-59(64)52-50-48-46-44-42-40-38-36-34-25-23-21-19-17-15-13-11-9-7-2/h15,17-18,20-21,23-24,26,28-29,34,36,58,62H,6-14,16,19,22,25,27,30-33,35,37-57H2,1-5H3/b17-15-,20-18-,23-21-,26-24-,29-28-,36-34-. The number of rotatable bonds is 53. The number of carbonyl (C=O) groups excluding carboxylic acids is 3. The molecular weight excluding hydrogens is 887 g/mol. The molecule has 0 aromatic rings. The van der Waals surface area contributed by atoms with Crippen LogP contribution in [0, 0.1) is 0 Å². The number of likely N-dealkylation sites (N-methyl/N-ethyl adjacent to an activating group) is 1. The average molecular weight is 997 g/mol. The Morgan fingerprint density at radius 3 is 1.15 bits per heavy atom. The van der Waals surface area contributed by atoms with Crippen molar-refractivity contribution in [3.8, 4) is 0 Å². The Balaban J connectivity index is 4.27. The van der Waals surface area contributed by atoms with E-state index in [4.69, 9.17) is 18.9 Å². The molecule has 0 aromatic heterocycles. The molecule has 71 heavy (non-hydrogen) atoms. The highest BCUT2D eigenvalue weighted by Crippen LogP contribution is 2.15. The molecule has 0 rings (SSSR count). The number of hydrogen-bond acceptors (Lipinski definition) is 8. The number of allylic oxidation sites excluding steroid dienone is 12. The summed E-state index contributed by atoms with van der Waals surface area (Å²) >= 11 is 0. The van der Waals surface area contributed by atoms with Crippen LogP contribution >= 0.6 is 0 Å². The van der Waals surface area contributed by atoms with Gasteiger partial charge in [0.05, 0.1) is 40.3 Å². The number of carbonyl (C=O) groups is 3. The third kappa shape index (κ3) is 54.3. The monoisotopic (exact) mass is 996 g/mol. The predicted molar refractivity (Wildman–Crippen MR) is 297 cm³/mol. The van der Waals surface area contributed by atoms with E-state index in [0.29, 0.717) is 17.4 Å². The highest BCUT2D eigenvalue weighted by Gasteiger charge is 2.22. The van der Waals surface area contributed by atoms with Gasteiger partial charge in [0, 0.05) is 12.8 Å². The van der Waals surface area contributed by atoms with E-state index in [1.54, 1.807) is 0 Å². The second-order valence-corrected chi connectivity index (χ2v) is 20.6. The van der Waals surface area contributed by atoms with Gasteiger partial charge >= 0.3 is 11.9 Å². The van der Waals surface area contributed by atoms with Gasteiger partial charge in [-0.05, 0) is 89.9 Å². The molecule has 0 spiro atoms. The largest absolute Gasteiger partial charge is 0.545 e. The number of unbranched alkanes of at least 4 members (excludes halogenated alkanes) is 26. The molecule has 0 heterocycles. The Labute approximate surface area is 437 Å². The van der Waals surface area contributed by atoms with Crippen LogP contribution in [0.25, 0.3) is 0 Å². The molecule has 2 unspecified atom stereocenters. The Bertz CT molecular complexity index is 1390. The van der Waals surface area contributed by atoms with Crippen molar-refractivity contribution in [2.75, 3.05) is 47.5 Å². The third-order valence-corrected chi connectivity index (χ3v) is 12.4. The number of aliphatic carboxylic acids is 1. The smallest absolute Gasteiger partial charge is 0.306 e. The molecule has 0 amide bonds. The van der Waals surface area contributed by atoms with E-state index in [1.165, 1.54) is 135 Å². The van der Waals surface area contributed by atoms with Gasteiger partial charge in [-0.3, -0.25) is 9.59 Å². The number of nitrogens with zero attached hydrogens (tertiary/aromatic N) is 1. The molecule has 410 valence electrons. The first-order valence-corrected chi connectivity index (χ1v) is 29.1. The van der Waals surface area contributed by atoms with Crippen LogP contribution in [-0.4, -0.2) is 82.3 Å². The Hall–Kier alpha value is -3.27. The van der Waals surface area contributed by atoms with Crippen LogP contribution in [0.4, 0.5) is 0 Å². The number of ether oxygens (including phenoxy) is 4. The molecule has 0 radical (unpaired) electrons. The van der Waals surface area contributed by atoms with Crippen molar-refractivity contribution in [2.24, 2.45) is 0 Å². The van der Waals surface area contributed by atoms with Crippen LogP contribution in [0.15, 0.2) is 72.9 Å². The summed E-state index contributed by atoms with van der Waals surface area (Å²) in [5.41, 5.74) is 0. The number of hydrogen-bond donors (Lipinski definition) is 0. The first-order chi connectivity index (χ1) is 34.6. The highest BCUT2D eigenvalue weighted by atomic mass is 16.7. The molecular formula is C62H109NO8. The van der Waals surface area contributed by atoms with Gasteiger partial charge in [-0.1, -0.05) is 215 Å². The minimum Gasteiger partial charge on any atom is -0.545 e. The van der Waals surface area contributed by atoms with Gasteiger partial charge in [0.25, 0.3) is 0 Å². The lowest BCUT2D eigenvalue weighted by molar-refractivity contribution is -0.870. The zero-order valence-corrected chi connectivity index (χ0v) is 46.6. The number of carboxylic acid groups (broad SMARTS) is 1. The minimum absolute atomic E-state index is 0.142. The molecule has 0 fully saturated rings. The van der Waals surface area contributed by atoms with Crippen LogP contribution in [0.1, 0.15) is 245 Å². The van der Waals surface area contributed by atoms with Crippen molar-refractivity contribution in [1.29, 1.82) is 0 Å². The average Bonchev–Trinajstić information content (AvgIpc) is 3.34. The van der Waals surface area contributed by atoms with E-state index < -0.39 is 24.3 Å². The van der Waals surface area contributed by atoms with Crippen LogP contribution in [-0.2, 0) is 33.3 Å². The van der Waals surface area contributed by atoms with Crippen LogP contribution < -0.4 is 5.11 Å². The third-order valence-electron chi connectivity index (χ3n) is 12.4. The Morgan fingerprint density at radius 1 is 0.423 bits per heavy atom. The lowest BCUT2D eigenvalue weighted by atomic mass is 10.0. The van der Waals surface area contributed by atoms with Gasteiger partial charge in [-0.15, -0.1) is 0 Å². The zero-order valence-electron chi connectivity index (χ0n) is 46.6. The van der Waals surface area contributed by atoms with Gasteiger partial charge in [0.2, 0.25) is 0 Å². The van der Waals surface area contributed by atoms with Gasteiger partial charge in [-0.2, -0.15) is 0 Å². The molecule has 9 nitrogen and oxygen atoms in total. The molecule has 0 aliphatic rings. The summed E-state index contributed by atoms with van der Waals surface area (Å²) in [5.74, 6) is -2.30. The predicted octanol–water partition coefficient (Wildman–Crippen LogP) is 15.7. The molecule has 0 N–H and O–H groups in total. The maximum absolute atomic E-state index is 12.9. The van der Waals surface area contributed by atoms with E-state index >= 15 is 0 Å². The lowest BCUT2D eigenvalue weighted by Gasteiger charge is -2.26. The van der Waals surface area contributed by atoms with Crippen molar-refractivity contribution < 1.29 is 42.9 Å². The summed E-state index contributed by atoms with van der Waals surface area (Å²) in [4.78, 5) is 37.3. The fourth-order valence-corrected chi connectivity index (χ4v) is 7.90. The number of carboxylic acids is 1. The zero-order chi connectivity index (χ0) is 52.0. The Kier molecular flexibility index (Phi) is 50.6. The molecule has 0 aliphatic heterocycles. The maximum atomic E-state index is 12.9. The van der Waals surface area contributed by atoms with E-state index in [1.807, 2.05) is 21.1 Å². The normalized spacial score (nSPS) is 13.3. The van der Waals surface area contributed by atoms with E-state index in [-0.39, 0.29) is 38.6 Å². The summed E-state index contributed by atoms with van der Waals surface area (Å²) in [6.45, 7) is 4.70. The quantitative estimate of drug-likeness (QED) is 0.0195. The van der Waals surface area contributed by atoms with Crippen molar-refractivity contribution in [3.63, 3.8) is 0 Å². The topological polar surface area (TPSA) is 111 Å². The van der Waals surface area contributed by atoms with Crippen LogP contribution in [0.3, 0.4) is 0 Å². The molecule has 9 heteroatoms. The summed E-state index contributed by atoms with van der Waals surface area (Å²) in [5, 5.41) is 11.8. The Morgan fingerprint density at radius 2 is 0.761 bits per heavy atom. The summed E-state index contributed by atoms with van der Waals surface area (Å²) in [7, 11) is 5.91. The molecule has 0 aromatic carbocycles. The molecule has 0 saturated heterocycles. The number of esters is 2. The van der Waals surface area contributed by atoms with Crippen molar-refractivity contribution in [1.82, 2.24) is 0 Å². The van der Waals surface area contributed by atoms with Crippen LogP contribution in [0.5, 0.6) is 0 Å². The summed E-state index contributed by atoms with van der Waals surface area (Å²) < 4.78 is 22.7. The fourth-order valence-electron chi connectivity index (χ4n) is 7.90. The van der Waals surface area contributed by atoms with Crippen molar-refractivity contribution in [2.45, 2.75) is 257 Å². The lowest BCUT2D eigenvalue weighted by Crippen LogP contribution is -2.44. The van der Waals surface area contributed by atoms with Gasteiger partial charge in [0.15, 0.2) is 12.4 Å². The van der Waals surface area contributed by atoms with E-state index in [2.05, 4.69) is 86.8 Å². The second kappa shape index (κ2) is 53.0. The molecule has 2 atom stereocenters. The van der Waals surface area contributed by atoms with E-state index in [0.717, 1.165) is 77.0 Å². The fraction of sp³-hybridized carbons (Fsp3) is 0.758. The number of quaternary nitrogens is 1. The second-order valence-electron chi connectivity index (χ2n) is 20.6. The summed E-state index contributed by atoms with van der Waals surface area (Å²) in [6.07, 6.45) is 65.1. The van der Waals surface area contributed by atoms with Crippen LogP contribution in [0.2, 0.25) is 0 Å². The SMILES string of the molecule is CCCCC/C=C\C/C=C\C/C=C\CCCCCCCCC(=O)OCC(COC(OCC[N+](C)(C)C)C(=O)[O-])OC(=O)CCCCCCCCCCCCCC/C=C\C/C=C\C/C=C\CCCCCCC. The maximum Gasteiger partial charge on any atom is 0.306 e. The summed E-state index contributed by atoms with van der Waals surface area (Å²) in [6, 6.07) is 0. The first-order valence-electron chi connectivity index (χ1n) is 29.1. The highest BCUT2D eigenvalue weighted by molar-refractivity contribution is 5.70. The first kappa shape index (κ1) is 67.7. The molecule has 0 bridgehead atoms. The molecule has 0 saturated carbocycles. The molecule has 0 aliphatic carbocycles. The van der Waals surface area contributed by atoms with Crippen molar-refractivity contribution in [3.05, 3.63) is 72.9 Å². The van der Waals surface area contributed by atoms with E-state index in [9.17, 15) is 19.5 Å². The van der Waals surface area contributed by atoms with Gasteiger partial charge in [-0.25, -0.2) is 0 Å². The van der Waals surface area contributed by atoms with Crippen molar-refractivity contribution >= 4 is 17.9 Å².